The Hall–Kier alpha value is -0.310. The van der Waals surface area contributed by atoms with Crippen LogP contribution in [0.25, 0.3) is 0 Å². The molecule has 13 heavy (non-hydrogen) atoms. The second-order valence-corrected chi connectivity index (χ2v) is 4.33. The van der Waals surface area contributed by atoms with E-state index in [0.717, 1.165) is 18.2 Å². The molecule has 0 radical (unpaired) electrons. The van der Waals surface area contributed by atoms with E-state index in [-0.39, 0.29) is 0 Å². The summed E-state index contributed by atoms with van der Waals surface area (Å²) in [5, 5.41) is 7.22. The van der Waals surface area contributed by atoms with Gasteiger partial charge in [-0.15, -0.1) is 0 Å². The highest BCUT2D eigenvalue weighted by atomic mass is 32.1. The van der Waals surface area contributed by atoms with Crippen molar-refractivity contribution in [3.8, 4) is 0 Å². The van der Waals surface area contributed by atoms with Gasteiger partial charge in [-0.1, -0.05) is 13.3 Å². The summed E-state index contributed by atoms with van der Waals surface area (Å²) in [5.74, 6) is 0. The lowest BCUT2D eigenvalue weighted by Crippen LogP contribution is -2.45. The molecule has 0 aliphatic heterocycles. The molecular weight excluding hydrogens is 180 g/mol. The van der Waals surface area contributed by atoms with Crippen LogP contribution in [0.5, 0.6) is 0 Å². The van der Waals surface area contributed by atoms with Crippen LogP contribution in [-0.4, -0.2) is 18.2 Å². The highest BCUT2D eigenvalue weighted by Crippen LogP contribution is 2.42. The minimum Gasteiger partial charge on any atom is -0.363 e. The Kier molecular flexibility index (Phi) is 3.97. The highest BCUT2D eigenvalue weighted by molar-refractivity contribution is 7.80. The molecule has 0 aromatic carbocycles. The fourth-order valence-electron chi connectivity index (χ4n) is 1.82. The molecular formula is C10H20N2S. The van der Waals surface area contributed by atoms with Gasteiger partial charge >= 0.3 is 0 Å². The van der Waals surface area contributed by atoms with Crippen LogP contribution in [-0.2, 0) is 0 Å². The predicted molar refractivity (Wildman–Crippen MR) is 60.9 cm³/mol. The summed E-state index contributed by atoms with van der Waals surface area (Å²) >= 11 is 5.12. The van der Waals surface area contributed by atoms with E-state index in [4.69, 9.17) is 12.2 Å². The first-order chi connectivity index (χ1) is 6.22. The zero-order valence-electron chi connectivity index (χ0n) is 8.65. The zero-order valence-corrected chi connectivity index (χ0v) is 9.47. The molecule has 0 unspecified atom stereocenters. The van der Waals surface area contributed by atoms with Crippen LogP contribution >= 0.6 is 12.2 Å². The van der Waals surface area contributed by atoms with Gasteiger partial charge in [0.15, 0.2) is 5.11 Å². The SMILES string of the molecule is CCNC(=S)NCC1(CC)CCC1. The first-order valence-corrected chi connectivity index (χ1v) is 5.65. The predicted octanol–water partition coefficient (Wildman–Crippen LogP) is 2.05. The lowest BCUT2D eigenvalue weighted by molar-refractivity contribution is 0.131. The van der Waals surface area contributed by atoms with Gasteiger partial charge in [0.25, 0.3) is 0 Å². The normalized spacial score (nSPS) is 18.9. The van der Waals surface area contributed by atoms with Crippen molar-refractivity contribution in [2.75, 3.05) is 13.1 Å². The van der Waals surface area contributed by atoms with Crippen molar-refractivity contribution in [3.63, 3.8) is 0 Å². The van der Waals surface area contributed by atoms with Crippen molar-refractivity contribution in [2.45, 2.75) is 39.5 Å². The summed E-state index contributed by atoms with van der Waals surface area (Å²) in [4.78, 5) is 0. The topological polar surface area (TPSA) is 24.1 Å². The van der Waals surface area contributed by atoms with Crippen LogP contribution in [0.3, 0.4) is 0 Å². The second-order valence-electron chi connectivity index (χ2n) is 3.92. The van der Waals surface area contributed by atoms with Gasteiger partial charge < -0.3 is 10.6 Å². The molecule has 1 rings (SSSR count). The molecule has 2 N–H and O–H groups in total. The van der Waals surface area contributed by atoms with Crippen molar-refractivity contribution in [2.24, 2.45) is 5.41 Å². The van der Waals surface area contributed by atoms with E-state index < -0.39 is 0 Å². The largest absolute Gasteiger partial charge is 0.363 e. The lowest BCUT2D eigenvalue weighted by atomic mass is 9.67. The molecule has 0 atom stereocenters. The van der Waals surface area contributed by atoms with E-state index in [2.05, 4.69) is 24.5 Å². The second kappa shape index (κ2) is 4.80. The highest BCUT2D eigenvalue weighted by Gasteiger charge is 2.34. The molecule has 0 heterocycles. The molecule has 0 saturated heterocycles. The monoisotopic (exact) mass is 200 g/mol. The molecule has 3 heteroatoms. The van der Waals surface area contributed by atoms with Gasteiger partial charge in [0.05, 0.1) is 0 Å². The Morgan fingerprint density at radius 2 is 2.00 bits per heavy atom. The molecule has 0 aromatic heterocycles. The van der Waals surface area contributed by atoms with Crippen molar-refractivity contribution < 1.29 is 0 Å². The van der Waals surface area contributed by atoms with Gasteiger partial charge in [0.2, 0.25) is 0 Å². The van der Waals surface area contributed by atoms with Crippen molar-refractivity contribution in [1.82, 2.24) is 10.6 Å². The first kappa shape index (κ1) is 10.8. The van der Waals surface area contributed by atoms with Gasteiger partial charge in [-0.05, 0) is 43.8 Å². The fraction of sp³-hybridized carbons (Fsp3) is 0.900. The van der Waals surface area contributed by atoms with E-state index in [9.17, 15) is 0 Å². The minimum absolute atomic E-state index is 0.555. The number of thiocarbonyl (C=S) groups is 1. The molecule has 0 amide bonds. The van der Waals surface area contributed by atoms with Crippen LogP contribution in [0.1, 0.15) is 39.5 Å². The fourth-order valence-corrected chi connectivity index (χ4v) is 2.04. The maximum absolute atomic E-state index is 5.12. The minimum atomic E-state index is 0.555. The third kappa shape index (κ3) is 2.83. The molecule has 1 saturated carbocycles. The van der Waals surface area contributed by atoms with Crippen molar-refractivity contribution >= 4 is 17.3 Å². The van der Waals surface area contributed by atoms with Crippen LogP contribution in [0.4, 0.5) is 0 Å². The van der Waals surface area contributed by atoms with E-state index in [1.807, 2.05) is 0 Å². The Balaban J connectivity index is 2.20. The standard InChI is InChI=1S/C10H20N2S/c1-3-10(6-5-7-10)8-12-9(13)11-4-2/h3-8H2,1-2H3,(H2,11,12,13). The summed E-state index contributed by atoms with van der Waals surface area (Å²) < 4.78 is 0. The average Bonchev–Trinajstić information content (AvgIpc) is 2.04. The Morgan fingerprint density at radius 3 is 2.38 bits per heavy atom. The molecule has 76 valence electrons. The molecule has 1 aliphatic carbocycles. The quantitative estimate of drug-likeness (QED) is 0.679. The van der Waals surface area contributed by atoms with Gasteiger partial charge in [-0.2, -0.15) is 0 Å². The first-order valence-electron chi connectivity index (χ1n) is 5.24. The Bertz CT molecular complexity index is 170. The third-order valence-corrected chi connectivity index (χ3v) is 3.41. The van der Waals surface area contributed by atoms with Crippen LogP contribution < -0.4 is 10.6 Å². The lowest BCUT2D eigenvalue weighted by Gasteiger charge is -2.41. The van der Waals surface area contributed by atoms with Crippen LogP contribution in [0, 0.1) is 5.41 Å². The van der Waals surface area contributed by atoms with E-state index in [1.54, 1.807) is 0 Å². The molecule has 1 aliphatic rings. The number of hydrogen-bond donors (Lipinski definition) is 2. The van der Waals surface area contributed by atoms with Crippen molar-refractivity contribution in [3.05, 3.63) is 0 Å². The molecule has 2 nitrogen and oxygen atoms in total. The molecule has 0 spiro atoms. The number of nitrogens with one attached hydrogen (secondary N) is 2. The zero-order chi connectivity index (χ0) is 9.73. The average molecular weight is 200 g/mol. The maximum atomic E-state index is 5.12. The number of hydrogen-bond acceptors (Lipinski definition) is 1. The summed E-state index contributed by atoms with van der Waals surface area (Å²) in [6, 6.07) is 0. The van der Waals surface area contributed by atoms with Gasteiger partial charge in [0, 0.05) is 13.1 Å². The van der Waals surface area contributed by atoms with Gasteiger partial charge in [-0.3, -0.25) is 0 Å². The molecule has 1 fully saturated rings. The Labute approximate surface area is 86.5 Å². The summed E-state index contributed by atoms with van der Waals surface area (Å²) in [7, 11) is 0. The van der Waals surface area contributed by atoms with E-state index in [1.165, 1.54) is 25.7 Å². The third-order valence-electron chi connectivity index (χ3n) is 3.13. The van der Waals surface area contributed by atoms with Crippen LogP contribution in [0.2, 0.25) is 0 Å². The van der Waals surface area contributed by atoms with E-state index in [0.29, 0.717) is 5.41 Å². The van der Waals surface area contributed by atoms with Gasteiger partial charge in [-0.25, -0.2) is 0 Å². The van der Waals surface area contributed by atoms with Gasteiger partial charge in [0.1, 0.15) is 0 Å². The van der Waals surface area contributed by atoms with E-state index >= 15 is 0 Å². The summed E-state index contributed by atoms with van der Waals surface area (Å²) in [6.07, 6.45) is 5.40. The summed E-state index contributed by atoms with van der Waals surface area (Å²) in [5.41, 5.74) is 0.555. The maximum Gasteiger partial charge on any atom is 0.166 e. The van der Waals surface area contributed by atoms with Crippen molar-refractivity contribution in [1.29, 1.82) is 0 Å². The molecule has 0 aromatic rings. The summed E-state index contributed by atoms with van der Waals surface area (Å²) in [6.45, 7) is 6.30. The number of rotatable bonds is 4. The molecule has 0 bridgehead atoms. The smallest absolute Gasteiger partial charge is 0.166 e. The Morgan fingerprint density at radius 1 is 1.31 bits per heavy atom. The van der Waals surface area contributed by atoms with Crippen LogP contribution in [0.15, 0.2) is 0 Å².